The predicted molar refractivity (Wildman–Crippen MR) is 70.4 cm³/mol. The topological polar surface area (TPSA) is 46.6 Å². The van der Waals surface area contributed by atoms with Crippen LogP contribution >= 0.6 is 0 Å². The van der Waals surface area contributed by atoms with E-state index >= 15 is 0 Å². The Hall–Kier alpha value is -1.12. The summed E-state index contributed by atoms with van der Waals surface area (Å²) in [6, 6.07) is 4.58. The highest BCUT2D eigenvalue weighted by Gasteiger charge is 2.31. The lowest BCUT2D eigenvalue weighted by Crippen LogP contribution is -2.37. The molecule has 2 rings (SSSR count). The molecule has 1 aliphatic rings. The van der Waals surface area contributed by atoms with Crippen LogP contribution in [0.3, 0.4) is 0 Å². The van der Waals surface area contributed by atoms with Gasteiger partial charge in [0.25, 0.3) is 0 Å². The van der Waals surface area contributed by atoms with Crippen LogP contribution in [0.15, 0.2) is 29.2 Å². The number of ether oxygens (including phenoxy) is 1. The summed E-state index contributed by atoms with van der Waals surface area (Å²) in [4.78, 5) is -0.0113. The van der Waals surface area contributed by atoms with Crippen molar-refractivity contribution in [3.05, 3.63) is 29.8 Å². The molecule has 0 aliphatic carbocycles. The first-order valence-corrected chi connectivity index (χ1v) is 7.85. The van der Waals surface area contributed by atoms with Gasteiger partial charge in [-0.05, 0) is 24.1 Å². The van der Waals surface area contributed by atoms with Crippen LogP contribution in [0.1, 0.15) is 12.0 Å². The highest BCUT2D eigenvalue weighted by molar-refractivity contribution is 7.89. The summed E-state index contributed by atoms with van der Waals surface area (Å²) in [5.74, 6) is 0. The zero-order valence-electron chi connectivity index (χ0n) is 11.4. The molecular weight excluding hydrogens is 307 g/mol. The minimum Gasteiger partial charge on any atom is -0.380 e. The third-order valence-electron chi connectivity index (χ3n) is 3.42. The first-order valence-electron chi connectivity index (χ1n) is 6.41. The summed E-state index contributed by atoms with van der Waals surface area (Å²) >= 11 is 0. The van der Waals surface area contributed by atoms with E-state index in [0.717, 1.165) is 0 Å². The van der Waals surface area contributed by atoms with E-state index in [1.807, 2.05) is 0 Å². The monoisotopic (exact) mass is 323 g/mol. The van der Waals surface area contributed by atoms with E-state index in [1.54, 1.807) is 0 Å². The first kappa shape index (κ1) is 16.3. The van der Waals surface area contributed by atoms with Gasteiger partial charge in [0.1, 0.15) is 0 Å². The average Bonchev–Trinajstić information content (AvgIpc) is 2.90. The second-order valence-electron chi connectivity index (χ2n) is 4.97. The van der Waals surface area contributed by atoms with E-state index in [-0.39, 0.29) is 16.5 Å². The number of likely N-dealkylation sites (N-methyl/N-ethyl adjacent to an activating group) is 1. The summed E-state index contributed by atoms with van der Waals surface area (Å²) in [5.41, 5.74) is 0.0355. The average molecular weight is 323 g/mol. The maximum atomic E-state index is 12.4. The first-order chi connectivity index (χ1) is 9.70. The Labute approximate surface area is 121 Å². The van der Waals surface area contributed by atoms with Crippen molar-refractivity contribution in [1.82, 2.24) is 4.31 Å². The highest BCUT2D eigenvalue weighted by Crippen LogP contribution is 2.24. The maximum absolute atomic E-state index is 12.4. The SMILES string of the molecule is CN(C1CCOC1)S(=O)(=O)c1ccc(CC(F)(F)F)cc1. The van der Waals surface area contributed by atoms with Gasteiger partial charge in [-0.1, -0.05) is 12.1 Å². The zero-order valence-corrected chi connectivity index (χ0v) is 12.2. The van der Waals surface area contributed by atoms with Crippen molar-refractivity contribution in [3.63, 3.8) is 0 Å². The quantitative estimate of drug-likeness (QED) is 0.853. The summed E-state index contributed by atoms with van der Waals surface area (Å²) in [6.45, 7) is 0.844. The van der Waals surface area contributed by atoms with Gasteiger partial charge < -0.3 is 4.74 Å². The van der Waals surface area contributed by atoms with E-state index in [1.165, 1.54) is 35.6 Å². The molecule has 1 fully saturated rings. The van der Waals surface area contributed by atoms with E-state index in [0.29, 0.717) is 19.6 Å². The highest BCUT2D eigenvalue weighted by atomic mass is 32.2. The van der Waals surface area contributed by atoms with Crippen LogP contribution < -0.4 is 0 Å². The second kappa shape index (κ2) is 5.94. The predicted octanol–water partition coefficient (Wildman–Crippen LogP) is 2.20. The molecule has 1 unspecified atom stereocenters. The minimum absolute atomic E-state index is 0.0113. The van der Waals surface area contributed by atoms with Crippen molar-refractivity contribution in [2.45, 2.75) is 30.0 Å². The van der Waals surface area contributed by atoms with Gasteiger partial charge in [-0.15, -0.1) is 0 Å². The number of rotatable bonds is 4. The van der Waals surface area contributed by atoms with Gasteiger partial charge in [-0.3, -0.25) is 0 Å². The molecule has 8 heteroatoms. The Morgan fingerprint density at radius 2 is 1.90 bits per heavy atom. The molecule has 1 heterocycles. The Bertz CT molecular complexity index is 578. The van der Waals surface area contributed by atoms with Crippen LogP contribution in [0.25, 0.3) is 0 Å². The fourth-order valence-electron chi connectivity index (χ4n) is 2.18. The van der Waals surface area contributed by atoms with Crippen LogP contribution in [0.4, 0.5) is 13.2 Å². The van der Waals surface area contributed by atoms with Crippen LogP contribution in [0.5, 0.6) is 0 Å². The molecule has 1 saturated heterocycles. The number of hydrogen-bond donors (Lipinski definition) is 0. The second-order valence-corrected chi connectivity index (χ2v) is 6.97. The Morgan fingerprint density at radius 1 is 1.29 bits per heavy atom. The molecule has 0 bridgehead atoms. The van der Waals surface area contributed by atoms with E-state index < -0.39 is 22.6 Å². The zero-order chi connectivity index (χ0) is 15.7. The third-order valence-corrected chi connectivity index (χ3v) is 5.35. The fourth-order valence-corrected chi connectivity index (χ4v) is 3.55. The molecule has 118 valence electrons. The molecule has 0 radical (unpaired) electrons. The third kappa shape index (κ3) is 3.96. The number of benzene rings is 1. The Kier molecular flexibility index (Phi) is 4.60. The lowest BCUT2D eigenvalue weighted by Gasteiger charge is -2.22. The van der Waals surface area contributed by atoms with Gasteiger partial charge in [0.15, 0.2) is 0 Å². The molecular formula is C13H16F3NO3S. The lowest BCUT2D eigenvalue weighted by atomic mass is 10.1. The van der Waals surface area contributed by atoms with Gasteiger partial charge in [0.05, 0.1) is 24.0 Å². The number of halogens is 3. The van der Waals surface area contributed by atoms with Crippen LogP contribution in [0.2, 0.25) is 0 Å². The summed E-state index contributed by atoms with van der Waals surface area (Å²) in [6.07, 6.45) is -4.76. The van der Waals surface area contributed by atoms with Crippen LogP contribution in [-0.4, -0.2) is 45.2 Å². The Morgan fingerprint density at radius 3 is 2.38 bits per heavy atom. The molecule has 1 aliphatic heterocycles. The molecule has 1 aromatic carbocycles. The molecule has 21 heavy (non-hydrogen) atoms. The number of sulfonamides is 1. The normalized spacial score (nSPS) is 20.1. The van der Waals surface area contributed by atoms with Crippen molar-refractivity contribution in [2.24, 2.45) is 0 Å². The van der Waals surface area contributed by atoms with Crippen molar-refractivity contribution in [3.8, 4) is 0 Å². The molecule has 0 spiro atoms. The number of nitrogens with zero attached hydrogens (tertiary/aromatic N) is 1. The maximum Gasteiger partial charge on any atom is 0.393 e. The van der Waals surface area contributed by atoms with E-state index in [4.69, 9.17) is 4.74 Å². The summed E-state index contributed by atoms with van der Waals surface area (Å²) in [7, 11) is -2.25. The molecule has 1 atom stereocenters. The molecule has 0 saturated carbocycles. The molecule has 0 N–H and O–H groups in total. The van der Waals surface area contributed by atoms with Gasteiger partial charge >= 0.3 is 6.18 Å². The molecule has 1 aromatic rings. The van der Waals surface area contributed by atoms with E-state index in [2.05, 4.69) is 0 Å². The van der Waals surface area contributed by atoms with Crippen molar-refractivity contribution < 1.29 is 26.3 Å². The van der Waals surface area contributed by atoms with E-state index in [9.17, 15) is 21.6 Å². The van der Waals surface area contributed by atoms with Gasteiger partial charge in [0, 0.05) is 13.7 Å². The van der Waals surface area contributed by atoms with Crippen molar-refractivity contribution >= 4 is 10.0 Å². The van der Waals surface area contributed by atoms with Gasteiger partial charge in [-0.25, -0.2) is 8.42 Å². The lowest BCUT2D eigenvalue weighted by molar-refractivity contribution is -0.127. The van der Waals surface area contributed by atoms with Crippen LogP contribution in [0, 0.1) is 0 Å². The molecule has 0 aromatic heterocycles. The van der Waals surface area contributed by atoms with Gasteiger partial charge in [-0.2, -0.15) is 17.5 Å². The largest absolute Gasteiger partial charge is 0.393 e. The Balaban J connectivity index is 2.16. The standard InChI is InChI=1S/C13H16F3NO3S/c1-17(11-6-7-20-9-11)21(18,19)12-4-2-10(3-5-12)8-13(14,15)16/h2-5,11H,6-9H2,1H3. The van der Waals surface area contributed by atoms with Crippen molar-refractivity contribution in [1.29, 1.82) is 0 Å². The molecule has 4 nitrogen and oxygen atoms in total. The number of alkyl halides is 3. The number of hydrogen-bond acceptors (Lipinski definition) is 3. The fraction of sp³-hybridized carbons (Fsp3) is 0.538. The summed E-state index contributed by atoms with van der Waals surface area (Å²) < 4.78 is 67.9. The van der Waals surface area contributed by atoms with Crippen LogP contribution in [-0.2, 0) is 21.2 Å². The summed E-state index contributed by atoms with van der Waals surface area (Å²) in [5, 5.41) is 0. The van der Waals surface area contributed by atoms with Crippen molar-refractivity contribution in [2.75, 3.05) is 20.3 Å². The smallest absolute Gasteiger partial charge is 0.380 e. The molecule has 0 amide bonds. The van der Waals surface area contributed by atoms with Gasteiger partial charge in [0.2, 0.25) is 10.0 Å². The minimum atomic E-state index is -4.31.